The van der Waals surface area contributed by atoms with Gasteiger partial charge in [-0.1, -0.05) is 92.6 Å². The molecule has 0 N–H and O–H groups in total. The third kappa shape index (κ3) is 5.45. The molecule has 0 bridgehead atoms. The molecule has 176 valence electrons. The van der Waals surface area contributed by atoms with Crippen LogP contribution in [0.4, 0.5) is 0 Å². The Morgan fingerprint density at radius 1 is 1.06 bits per heavy atom. The van der Waals surface area contributed by atoms with Gasteiger partial charge in [0.2, 0.25) is 0 Å². The molecule has 2 aromatic heterocycles. The van der Waals surface area contributed by atoms with Gasteiger partial charge in [-0.05, 0) is 43.2 Å². The number of unbranched alkanes of at least 4 members (excludes halogenated alkanes) is 4. The molecule has 0 radical (unpaired) electrons. The second-order valence-electron chi connectivity index (χ2n) is 8.18. The van der Waals surface area contributed by atoms with Crippen LogP contribution >= 0.6 is 35.7 Å². The van der Waals surface area contributed by atoms with Gasteiger partial charge < -0.3 is 0 Å². The van der Waals surface area contributed by atoms with Crippen molar-refractivity contribution in [3.63, 3.8) is 0 Å². The highest BCUT2D eigenvalue weighted by molar-refractivity contribution is 8.26. The monoisotopic (exact) mass is 509 g/mol. The highest BCUT2D eigenvalue weighted by Crippen LogP contribution is 2.35. The Morgan fingerprint density at radius 2 is 1.82 bits per heavy atom. The molecule has 0 aliphatic carbocycles. The maximum atomic E-state index is 13.5. The summed E-state index contributed by atoms with van der Waals surface area (Å²) in [5.41, 5.74) is 1.73. The number of nitrogens with zero attached hydrogens (tertiary/aromatic N) is 3. The first kappa shape index (κ1) is 24.7. The maximum Gasteiger partial charge on any atom is 0.266 e. The molecule has 1 amide bonds. The molecule has 1 saturated heterocycles. The number of pyridine rings is 1. The highest BCUT2D eigenvalue weighted by Gasteiger charge is 2.32. The topological polar surface area (TPSA) is 54.7 Å². The zero-order chi connectivity index (χ0) is 24.1. The highest BCUT2D eigenvalue weighted by atomic mass is 32.2. The van der Waals surface area contributed by atoms with E-state index in [1.807, 2.05) is 49.4 Å². The first-order valence-corrected chi connectivity index (χ1v) is 13.5. The van der Waals surface area contributed by atoms with E-state index in [2.05, 4.69) is 6.92 Å². The summed E-state index contributed by atoms with van der Waals surface area (Å²) in [5, 5.41) is 0.579. The molecule has 1 fully saturated rings. The average Bonchev–Trinajstić information content (AvgIpc) is 3.10. The van der Waals surface area contributed by atoms with E-state index in [9.17, 15) is 9.59 Å². The quantitative estimate of drug-likeness (QED) is 0.145. The predicted octanol–water partition coefficient (Wildman–Crippen LogP) is 6.33. The Kier molecular flexibility index (Phi) is 8.24. The maximum absolute atomic E-state index is 13.5. The lowest BCUT2D eigenvalue weighted by atomic mass is 10.1. The number of carbonyl (C=O) groups is 1. The standard InChI is InChI=1S/C26H27N3O2S3/c1-3-4-5-6-10-15-29-25(31)21(34-26(29)32)17-20-23(33-19-13-8-7-9-14-19)27-22-18(2)12-11-16-28(22)24(20)30/h7-9,11-14,16-17H,3-6,10,15H2,1-2H3. The Labute approximate surface area is 213 Å². The summed E-state index contributed by atoms with van der Waals surface area (Å²) in [7, 11) is 0. The van der Waals surface area contributed by atoms with Gasteiger partial charge in [0.15, 0.2) is 0 Å². The number of hydrogen-bond acceptors (Lipinski definition) is 6. The van der Waals surface area contributed by atoms with Gasteiger partial charge in [-0.25, -0.2) is 4.98 Å². The van der Waals surface area contributed by atoms with Crippen molar-refractivity contribution in [2.75, 3.05) is 6.54 Å². The summed E-state index contributed by atoms with van der Waals surface area (Å²) in [6, 6.07) is 13.6. The van der Waals surface area contributed by atoms with Crippen LogP contribution in [0.25, 0.3) is 11.7 Å². The number of hydrogen-bond donors (Lipinski definition) is 0. The molecule has 3 heterocycles. The second kappa shape index (κ2) is 11.3. The van der Waals surface area contributed by atoms with Crippen molar-refractivity contribution in [2.45, 2.75) is 55.9 Å². The number of fused-ring (bicyclic) bond motifs is 1. The lowest BCUT2D eigenvalue weighted by molar-refractivity contribution is -0.122. The molecule has 1 aliphatic heterocycles. The Hall–Kier alpha value is -2.42. The molecule has 0 atom stereocenters. The van der Waals surface area contributed by atoms with Crippen molar-refractivity contribution < 1.29 is 4.79 Å². The van der Waals surface area contributed by atoms with Gasteiger partial charge in [0.25, 0.3) is 11.5 Å². The van der Waals surface area contributed by atoms with E-state index in [0.29, 0.717) is 32.0 Å². The summed E-state index contributed by atoms with van der Waals surface area (Å²) in [6.45, 7) is 4.73. The van der Waals surface area contributed by atoms with E-state index >= 15 is 0 Å². The Bertz CT molecular complexity index is 1300. The molecule has 8 heteroatoms. The minimum atomic E-state index is -0.197. The first-order valence-electron chi connectivity index (χ1n) is 11.5. The van der Waals surface area contributed by atoms with Crippen LogP contribution in [0.15, 0.2) is 68.3 Å². The second-order valence-corrected chi connectivity index (χ2v) is 10.9. The summed E-state index contributed by atoms with van der Waals surface area (Å²) >= 11 is 8.18. The summed E-state index contributed by atoms with van der Waals surface area (Å²) in [6.07, 6.45) is 8.95. The van der Waals surface area contributed by atoms with Crippen LogP contribution in [-0.4, -0.2) is 31.1 Å². The van der Waals surface area contributed by atoms with Crippen molar-refractivity contribution in [2.24, 2.45) is 0 Å². The summed E-state index contributed by atoms with van der Waals surface area (Å²) in [5.74, 6) is -0.130. The normalized spacial score (nSPS) is 15.1. The van der Waals surface area contributed by atoms with Gasteiger partial charge in [-0.2, -0.15) is 0 Å². The van der Waals surface area contributed by atoms with Crippen LogP contribution < -0.4 is 5.56 Å². The summed E-state index contributed by atoms with van der Waals surface area (Å²) < 4.78 is 2.10. The van der Waals surface area contributed by atoms with Gasteiger partial charge in [-0.3, -0.25) is 18.9 Å². The summed E-state index contributed by atoms with van der Waals surface area (Å²) in [4.78, 5) is 34.6. The minimum absolute atomic E-state index is 0.130. The Balaban J connectivity index is 1.69. The molecule has 5 nitrogen and oxygen atoms in total. The molecule has 4 rings (SSSR count). The van der Waals surface area contributed by atoms with Crippen molar-refractivity contribution in [3.05, 3.63) is 75.0 Å². The van der Waals surface area contributed by atoms with Crippen molar-refractivity contribution in [1.29, 1.82) is 0 Å². The van der Waals surface area contributed by atoms with Crippen LogP contribution in [0.5, 0.6) is 0 Å². The smallest absolute Gasteiger partial charge is 0.266 e. The van der Waals surface area contributed by atoms with Crippen LogP contribution in [0, 0.1) is 6.92 Å². The van der Waals surface area contributed by atoms with Gasteiger partial charge in [0, 0.05) is 17.6 Å². The zero-order valence-corrected chi connectivity index (χ0v) is 21.8. The van der Waals surface area contributed by atoms with Crippen molar-refractivity contribution >= 4 is 57.7 Å². The molecule has 0 spiro atoms. The first-order chi connectivity index (χ1) is 16.5. The predicted molar refractivity (Wildman–Crippen MR) is 145 cm³/mol. The molecule has 3 aromatic rings. The van der Waals surface area contributed by atoms with E-state index in [-0.39, 0.29) is 11.5 Å². The fraction of sp³-hybridized carbons (Fsp3) is 0.308. The van der Waals surface area contributed by atoms with Gasteiger partial charge in [-0.15, -0.1) is 0 Å². The number of thioether (sulfide) groups is 1. The van der Waals surface area contributed by atoms with E-state index in [4.69, 9.17) is 17.2 Å². The largest absolute Gasteiger partial charge is 0.293 e. The van der Waals surface area contributed by atoms with Crippen LogP contribution in [-0.2, 0) is 4.79 Å². The van der Waals surface area contributed by atoms with Gasteiger partial charge in [0.1, 0.15) is 15.0 Å². The van der Waals surface area contributed by atoms with Crippen molar-refractivity contribution in [3.8, 4) is 0 Å². The average molecular weight is 510 g/mol. The Morgan fingerprint density at radius 3 is 2.59 bits per heavy atom. The zero-order valence-electron chi connectivity index (χ0n) is 19.3. The number of carbonyl (C=O) groups excluding carboxylic acids is 1. The number of thiocarbonyl (C=S) groups is 1. The minimum Gasteiger partial charge on any atom is -0.293 e. The molecule has 1 aromatic carbocycles. The SMILES string of the molecule is CCCCCCCN1C(=O)C(=Cc2c(Sc3ccccc3)nc3c(C)cccn3c2=O)SC1=S. The van der Waals surface area contributed by atoms with E-state index in [1.165, 1.54) is 42.8 Å². The molecule has 1 aliphatic rings. The van der Waals surface area contributed by atoms with Gasteiger partial charge in [0.05, 0.1) is 10.5 Å². The number of rotatable bonds is 9. The fourth-order valence-electron chi connectivity index (χ4n) is 3.79. The molecular formula is C26H27N3O2S3. The third-order valence-electron chi connectivity index (χ3n) is 5.64. The van der Waals surface area contributed by atoms with Crippen LogP contribution in [0.2, 0.25) is 0 Å². The van der Waals surface area contributed by atoms with Crippen LogP contribution in [0.3, 0.4) is 0 Å². The molecule has 0 saturated carbocycles. The molecule has 34 heavy (non-hydrogen) atoms. The fourth-order valence-corrected chi connectivity index (χ4v) is 5.99. The van der Waals surface area contributed by atoms with Crippen molar-refractivity contribution in [1.82, 2.24) is 14.3 Å². The number of aryl methyl sites for hydroxylation is 1. The van der Waals surface area contributed by atoms with E-state index in [0.717, 1.165) is 23.3 Å². The van der Waals surface area contributed by atoms with Gasteiger partial charge >= 0.3 is 0 Å². The molecular weight excluding hydrogens is 483 g/mol. The third-order valence-corrected chi connectivity index (χ3v) is 8.03. The lowest BCUT2D eigenvalue weighted by Gasteiger charge is -2.14. The van der Waals surface area contributed by atoms with Crippen LogP contribution in [0.1, 0.15) is 50.2 Å². The lowest BCUT2D eigenvalue weighted by Crippen LogP contribution is -2.29. The number of amides is 1. The number of benzene rings is 1. The number of aromatic nitrogens is 2. The van der Waals surface area contributed by atoms with E-state index < -0.39 is 0 Å². The molecule has 0 unspecified atom stereocenters. The van der Waals surface area contributed by atoms with E-state index in [1.54, 1.807) is 21.6 Å².